The van der Waals surface area contributed by atoms with Gasteiger partial charge in [-0.2, -0.15) is 4.98 Å². The first-order valence-corrected chi connectivity index (χ1v) is 9.35. The molecule has 5 nitrogen and oxygen atoms in total. The first-order chi connectivity index (χ1) is 11.6. The van der Waals surface area contributed by atoms with Gasteiger partial charge in [-0.25, -0.2) is 4.98 Å². The number of thiophene rings is 1. The Morgan fingerprint density at radius 2 is 2.33 bits per heavy atom. The fraction of sp³-hybridized carbons (Fsp3) is 0.529. The van der Waals surface area contributed by atoms with Crippen molar-refractivity contribution in [3.05, 3.63) is 38.9 Å². The predicted octanol–water partition coefficient (Wildman–Crippen LogP) is 3.48. The van der Waals surface area contributed by atoms with Crippen LogP contribution in [0.5, 0.6) is 5.88 Å². The number of hydrogen-bond acceptors (Lipinski definition) is 6. The normalized spacial score (nSPS) is 29.5. The number of nitrogens with one attached hydrogen (secondary N) is 1. The molecule has 3 atom stereocenters. The highest BCUT2D eigenvalue weighted by Crippen LogP contribution is 2.49. The number of nitrogens with zero attached hydrogens (tertiary/aromatic N) is 2. The Labute approximate surface area is 150 Å². The van der Waals surface area contributed by atoms with Gasteiger partial charge in [0.1, 0.15) is 11.4 Å². The van der Waals surface area contributed by atoms with Crippen LogP contribution in [-0.2, 0) is 16.8 Å². The fourth-order valence-corrected chi connectivity index (χ4v) is 5.33. The van der Waals surface area contributed by atoms with Crippen LogP contribution < -0.4 is 10.1 Å². The Balaban J connectivity index is 1.71. The van der Waals surface area contributed by atoms with Crippen LogP contribution in [0.4, 0.5) is 0 Å². The summed E-state index contributed by atoms with van der Waals surface area (Å²) in [5.41, 5.74) is 1.03. The van der Waals surface area contributed by atoms with Crippen LogP contribution in [0.15, 0.2) is 18.3 Å². The lowest BCUT2D eigenvalue weighted by Crippen LogP contribution is -2.50. The van der Waals surface area contributed by atoms with Gasteiger partial charge in [0, 0.05) is 29.6 Å². The van der Waals surface area contributed by atoms with E-state index in [4.69, 9.17) is 21.1 Å². The molecule has 1 spiro atoms. The van der Waals surface area contributed by atoms with E-state index in [1.54, 1.807) is 30.7 Å². The highest BCUT2D eigenvalue weighted by atomic mass is 35.5. The van der Waals surface area contributed by atoms with Crippen LogP contribution in [0.2, 0.25) is 4.34 Å². The molecular weight excluding hydrogens is 346 g/mol. The third-order valence-electron chi connectivity index (χ3n) is 4.77. The molecule has 4 rings (SSSR count). The van der Waals surface area contributed by atoms with Crippen molar-refractivity contribution in [1.82, 2.24) is 15.3 Å². The largest absolute Gasteiger partial charge is 0.481 e. The van der Waals surface area contributed by atoms with E-state index in [1.807, 2.05) is 0 Å². The number of rotatable bonds is 2. The van der Waals surface area contributed by atoms with E-state index in [1.165, 1.54) is 10.4 Å². The first-order valence-electron chi connectivity index (χ1n) is 8.15. The number of halogens is 1. The van der Waals surface area contributed by atoms with Gasteiger partial charge in [-0.3, -0.25) is 0 Å². The Hall–Kier alpha value is -1.21. The molecule has 7 heteroatoms. The number of aromatic nitrogens is 2. The molecule has 4 heterocycles. The molecule has 2 aliphatic rings. The second-order valence-corrected chi connectivity index (χ2v) is 8.17. The summed E-state index contributed by atoms with van der Waals surface area (Å²) < 4.78 is 12.4. The van der Waals surface area contributed by atoms with Crippen molar-refractivity contribution in [1.29, 1.82) is 0 Å². The number of piperidine rings is 1. The summed E-state index contributed by atoms with van der Waals surface area (Å²) in [5.74, 6) is 1.33. The molecule has 3 unspecified atom stereocenters. The standard InChI is InChI=1S/C17H20ClN3O2S/c1-10-8-17(15-11(4-6-23-17)7-13(18)24-15)9-12(20-10)16-19-5-3-14(21-16)22-2/h3,5,7,10,12,20H,4,6,8-9H2,1-2H3. The minimum Gasteiger partial charge on any atom is -0.481 e. The van der Waals surface area contributed by atoms with E-state index in [0.717, 1.165) is 36.0 Å². The van der Waals surface area contributed by atoms with Crippen molar-refractivity contribution in [3.8, 4) is 5.88 Å². The lowest BCUT2D eigenvalue weighted by Gasteiger charge is -2.45. The van der Waals surface area contributed by atoms with E-state index >= 15 is 0 Å². The summed E-state index contributed by atoms with van der Waals surface area (Å²) in [6, 6.07) is 4.18. The van der Waals surface area contributed by atoms with Gasteiger partial charge >= 0.3 is 0 Å². The first kappa shape index (κ1) is 16.3. The molecule has 0 amide bonds. The lowest BCUT2D eigenvalue weighted by molar-refractivity contribution is -0.0961. The van der Waals surface area contributed by atoms with Crippen LogP contribution in [0.1, 0.15) is 42.1 Å². The van der Waals surface area contributed by atoms with Gasteiger partial charge < -0.3 is 14.8 Å². The molecule has 1 N–H and O–H groups in total. The van der Waals surface area contributed by atoms with Gasteiger partial charge in [0.15, 0.2) is 0 Å². The Bertz CT molecular complexity index is 753. The summed E-state index contributed by atoms with van der Waals surface area (Å²) in [4.78, 5) is 10.2. The minimum atomic E-state index is -0.298. The Morgan fingerprint density at radius 1 is 1.46 bits per heavy atom. The van der Waals surface area contributed by atoms with Crippen molar-refractivity contribution in [3.63, 3.8) is 0 Å². The van der Waals surface area contributed by atoms with Gasteiger partial charge in [-0.1, -0.05) is 11.6 Å². The minimum absolute atomic E-state index is 0.0238. The van der Waals surface area contributed by atoms with Gasteiger partial charge in [-0.05, 0) is 31.4 Å². The quantitative estimate of drug-likeness (QED) is 0.882. The van der Waals surface area contributed by atoms with Gasteiger partial charge in [-0.15, -0.1) is 11.3 Å². The highest BCUT2D eigenvalue weighted by Gasteiger charge is 2.46. The van der Waals surface area contributed by atoms with E-state index in [-0.39, 0.29) is 11.6 Å². The van der Waals surface area contributed by atoms with Crippen molar-refractivity contribution < 1.29 is 9.47 Å². The molecule has 2 aromatic rings. The summed E-state index contributed by atoms with van der Waals surface area (Å²) in [6.45, 7) is 2.92. The van der Waals surface area contributed by atoms with Crippen molar-refractivity contribution in [2.45, 2.75) is 43.9 Å². The van der Waals surface area contributed by atoms with E-state index in [2.05, 4.69) is 28.3 Å². The van der Waals surface area contributed by atoms with E-state index in [0.29, 0.717) is 11.9 Å². The highest BCUT2D eigenvalue weighted by molar-refractivity contribution is 7.16. The molecule has 128 valence electrons. The second kappa shape index (κ2) is 6.26. The predicted molar refractivity (Wildman–Crippen MR) is 93.8 cm³/mol. The molecule has 24 heavy (non-hydrogen) atoms. The third-order valence-corrected chi connectivity index (χ3v) is 6.26. The molecular formula is C17H20ClN3O2S. The van der Waals surface area contributed by atoms with Crippen LogP contribution in [0.25, 0.3) is 0 Å². The molecule has 1 fully saturated rings. The number of methoxy groups -OCH3 is 1. The van der Waals surface area contributed by atoms with Crippen LogP contribution in [0.3, 0.4) is 0 Å². The fourth-order valence-electron chi connectivity index (χ4n) is 3.86. The smallest absolute Gasteiger partial charge is 0.216 e. The Kier molecular flexibility index (Phi) is 4.24. The third kappa shape index (κ3) is 2.81. The van der Waals surface area contributed by atoms with Crippen LogP contribution >= 0.6 is 22.9 Å². The lowest BCUT2D eigenvalue weighted by atomic mass is 9.79. The van der Waals surface area contributed by atoms with Crippen LogP contribution in [-0.4, -0.2) is 29.7 Å². The van der Waals surface area contributed by atoms with Crippen molar-refractivity contribution in [2.75, 3.05) is 13.7 Å². The maximum atomic E-state index is 6.35. The van der Waals surface area contributed by atoms with Crippen LogP contribution in [0, 0.1) is 0 Å². The SMILES string of the molecule is COc1ccnc(C2CC3(CC(C)N2)OCCc2cc(Cl)sc23)n1. The molecule has 2 aliphatic heterocycles. The van der Waals surface area contributed by atoms with Gasteiger partial charge in [0.25, 0.3) is 0 Å². The van der Waals surface area contributed by atoms with E-state index in [9.17, 15) is 0 Å². The zero-order chi connectivity index (χ0) is 16.7. The van der Waals surface area contributed by atoms with Gasteiger partial charge in [0.05, 0.1) is 24.1 Å². The Morgan fingerprint density at radius 3 is 3.17 bits per heavy atom. The van der Waals surface area contributed by atoms with E-state index < -0.39 is 0 Å². The maximum Gasteiger partial charge on any atom is 0.216 e. The zero-order valence-corrected chi connectivity index (χ0v) is 15.3. The number of hydrogen-bond donors (Lipinski definition) is 1. The summed E-state index contributed by atoms with van der Waals surface area (Å²) in [6.07, 6.45) is 4.40. The molecule has 0 saturated carbocycles. The molecule has 0 radical (unpaired) electrons. The molecule has 0 bridgehead atoms. The molecule has 0 aliphatic carbocycles. The van der Waals surface area contributed by atoms with Crippen molar-refractivity contribution >= 4 is 22.9 Å². The summed E-state index contributed by atoms with van der Waals surface area (Å²) >= 11 is 7.94. The number of ether oxygens (including phenoxy) is 2. The zero-order valence-electron chi connectivity index (χ0n) is 13.7. The number of fused-ring (bicyclic) bond motifs is 2. The van der Waals surface area contributed by atoms with Crippen molar-refractivity contribution in [2.24, 2.45) is 0 Å². The topological polar surface area (TPSA) is 56.3 Å². The molecule has 1 saturated heterocycles. The second-order valence-electron chi connectivity index (χ2n) is 6.48. The summed E-state index contributed by atoms with van der Waals surface area (Å²) in [5, 5.41) is 3.60. The summed E-state index contributed by atoms with van der Waals surface area (Å²) in [7, 11) is 1.62. The molecule has 2 aromatic heterocycles. The average molecular weight is 366 g/mol. The molecule has 0 aromatic carbocycles. The monoisotopic (exact) mass is 365 g/mol. The maximum absolute atomic E-state index is 6.35. The van der Waals surface area contributed by atoms with Gasteiger partial charge in [0.2, 0.25) is 5.88 Å². The average Bonchev–Trinajstić information content (AvgIpc) is 2.96.